The summed E-state index contributed by atoms with van der Waals surface area (Å²) in [6.45, 7) is 3.12. The molecule has 146 valence electrons. The van der Waals surface area contributed by atoms with Crippen LogP contribution in [0.1, 0.15) is 25.7 Å². The van der Waals surface area contributed by atoms with Gasteiger partial charge in [0, 0.05) is 29.2 Å². The molecule has 0 amide bonds. The number of anilines is 1. The average Bonchev–Trinajstić information content (AvgIpc) is 2.71. The number of halogens is 2. The van der Waals surface area contributed by atoms with E-state index in [0.717, 1.165) is 54.6 Å². The van der Waals surface area contributed by atoms with Gasteiger partial charge in [-0.2, -0.15) is 0 Å². The van der Waals surface area contributed by atoms with Crippen molar-refractivity contribution < 1.29 is 8.78 Å². The molecule has 1 saturated heterocycles. The molecule has 0 aliphatic carbocycles. The molecule has 3 aromatic rings. The summed E-state index contributed by atoms with van der Waals surface area (Å²) >= 11 is 0. The molecule has 3 nitrogen and oxygen atoms in total. The summed E-state index contributed by atoms with van der Waals surface area (Å²) in [6.07, 6.45) is 4.86. The van der Waals surface area contributed by atoms with E-state index < -0.39 is 11.6 Å². The smallest absolute Gasteiger partial charge is 0.126 e. The van der Waals surface area contributed by atoms with E-state index in [4.69, 9.17) is 0 Å². The third-order valence-corrected chi connectivity index (χ3v) is 5.38. The van der Waals surface area contributed by atoms with E-state index in [0.29, 0.717) is 11.3 Å². The summed E-state index contributed by atoms with van der Waals surface area (Å²) in [6, 6.07) is 13.2. The second kappa shape index (κ2) is 8.65. The van der Waals surface area contributed by atoms with Gasteiger partial charge in [-0.3, -0.25) is 0 Å². The molecule has 1 aliphatic rings. The third-order valence-electron chi connectivity index (χ3n) is 5.38. The lowest BCUT2D eigenvalue weighted by Gasteiger charge is -2.22. The molecule has 1 atom stereocenters. The Bertz CT molecular complexity index is 931. The van der Waals surface area contributed by atoms with Crippen LogP contribution < -0.4 is 10.6 Å². The molecule has 0 bridgehead atoms. The Morgan fingerprint density at radius 1 is 1.07 bits per heavy atom. The fourth-order valence-corrected chi connectivity index (χ4v) is 3.96. The second-order valence-corrected chi connectivity index (χ2v) is 7.51. The van der Waals surface area contributed by atoms with Gasteiger partial charge in [-0.15, -0.1) is 0 Å². The molecule has 1 fully saturated rings. The van der Waals surface area contributed by atoms with Crippen LogP contribution in [0, 0.1) is 17.6 Å². The Hall–Kier alpha value is -2.53. The second-order valence-electron chi connectivity index (χ2n) is 7.51. The molecule has 4 rings (SSSR count). The van der Waals surface area contributed by atoms with Gasteiger partial charge in [0.25, 0.3) is 0 Å². The summed E-state index contributed by atoms with van der Waals surface area (Å²) < 4.78 is 27.3. The molecule has 5 heteroatoms. The Balaban J connectivity index is 1.54. The van der Waals surface area contributed by atoms with Crippen LogP contribution in [0.5, 0.6) is 0 Å². The van der Waals surface area contributed by atoms with E-state index in [9.17, 15) is 8.78 Å². The highest BCUT2D eigenvalue weighted by molar-refractivity contribution is 5.93. The number of nitrogens with one attached hydrogen (secondary N) is 2. The van der Waals surface area contributed by atoms with Crippen molar-refractivity contribution in [1.29, 1.82) is 0 Å². The monoisotopic (exact) mass is 381 g/mol. The van der Waals surface area contributed by atoms with Gasteiger partial charge in [0.05, 0.1) is 11.2 Å². The number of fused-ring (bicyclic) bond motifs is 1. The molecule has 2 heterocycles. The van der Waals surface area contributed by atoms with Crippen LogP contribution >= 0.6 is 0 Å². The summed E-state index contributed by atoms with van der Waals surface area (Å²) in [7, 11) is 0. The van der Waals surface area contributed by atoms with Gasteiger partial charge >= 0.3 is 0 Å². The highest BCUT2D eigenvalue weighted by atomic mass is 19.1. The molecule has 1 aliphatic heterocycles. The minimum absolute atomic E-state index is 0.444. The van der Waals surface area contributed by atoms with E-state index in [2.05, 4.69) is 15.6 Å². The largest absolute Gasteiger partial charge is 0.384 e. The molecule has 0 saturated carbocycles. The number of rotatable bonds is 6. The van der Waals surface area contributed by atoms with Crippen molar-refractivity contribution in [2.24, 2.45) is 5.92 Å². The first-order chi connectivity index (χ1) is 13.7. The predicted molar refractivity (Wildman–Crippen MR) is 110 cm³/mol. The first-order valence-corrected chi connectivity index (χ1v) is 10.00. The molecule has 2 N–H and O–H groups in total. The Morgan fingerprint density at radius 3 is 2.68 bits per heavy atom. The van der Waals surface area contributed by atoms with Crippen molar-refractivity contribution in [2.45, 2.75) is 25.7 Å². The fourth-order valence-electron chi connectivity index (χ4n) is 3.96. The lowest BCUT2D eigenvalue weighted by atomic mass is 9.95. The summed E-state index contributed by atoms with van der Waals surface area (Å²) in [5.74, 6) is -0.434. The number of para-hydroxylation sites is 1. The first kappa shape index (κ1) is 18.8. The summed E-state index contributed by atoms with van der Waals surface area (Å²) in [4.78, 5) is 4.61. The van der Waals surface area contributed by atoms with Crippen molar-refractivity contribution in [3.05, 3.63) is 60.2 Å². The highest BCUT2D eigenvalue weighted by Gasteiger charge is 2.13. The Morgan fingerprint density at radius 2 is 1.89 bits per heavy atom. The van der Waals surface area contributed by atoms with Crippen molar-refractivity contribution in [2.75, 3.05) is 25.0 Å². The van der Waals surface area contributed by atoms with Crippen molar-refractivity contribution in [3.8, 4) is 11.3 Å². The third kappa shape index (κ3) is 4.47. The van der Waals surface area contributed by atoms with Crippen LogP contribution in [0.3, 0.4) is 0 Å². The van der Waals surface area contributed by atoms with Crippen LogP contribution in [0.2, 0.25) is 0 Å². The zero-order chi connectivity index (χ0) is 19.3. The molecular formula is C23H25F2N3. The van der Waals surface area contributed by atoms with Crippen LogP contribution in [0.25, 0.3) is 22.2 Å². The quantitative estimate of drug-likeness (QED) is 0.564. The van der Waals surface area contributed by atoms with Crippen molar-refractivity contribution >= 4 is 16.6 Å². The minimum Gasteiger partial charge on any atom is -0.384 e. The number of nitrogens with zero attached hydrogens (tertiary/aromatic N) is 1. The fraction of sp³-hybridized carbons (Fsp3) is 0.348. The molecule has 0 spiro atoms. The predicted octanol–water partition coefficient (Wildman–Crippen LogP) is 5.37. The standard InChI is InChI=1S/C23H25F2N3/c24-18-11-17(12-19(25)13-18)22-14-23(20-7-1-2-8-21(20)28-22)27-10-4-6-16-5-3-9-26-15-16/h1-2,7-8,11-14,16,26H,3-6,9-10,15H2,(H,27,28). The molecule has 0 radical (unpaired) electrons. The maximum atomic E-state index is 13.7. The molecule has 2 aromatic carbocycles. The number of pyridine rings is 1. The number of hydrogen-bond donors (Lipinski definition) is 2. The van der Waals surface area contributed by atoms with Crippen LogP contribution in [0.4, 0.5) is 14.5 Å². The molecule has 1 aromatic heterocycles. The van der Waals surface area contributed by atoms with Crippen LogP contribution in [-0.2, 0) is 0 Å². The van der Waals surface area contributed by atoms with Gasteiger partial charge in [0.1, 0.15) is 11.6 Å². The van der Waals surface area contributed by atoms with Gasteiger partial charge in [0.15, 0.2) is 0 Å². The first-order valence-electron chi connectivity index (χ1n) is 10.00. The van der Waals surface area contributed by atoms with Gasteiger partial charge in [0.2, 0.25) is 0 Å². The van der Waals surface area contributed by atoms with Gasteiger partial charge in [-0.1, -0.05) is 18.2 Å². The number of piperidine rings is 1. The van der Waals surface area contributed by atoms with Crippen LogP contribution in [0.15, 0.2) is 48.5 Å². The number of aromatic nitrogens is 1. The average molecular weight is 381 g/mol. The maximum Gasteiger partial charge on any atom is 0.126 e. The lowest BCUT2D eigenvalue weighted by Crippen LogP contribution is -2.29. The topological polar surface area (TPSA) is 37.0 Å². The Kier molecular flexibility index (Phi) is 5.81. The van der Waals surface area contributed by atoms with E-state index >= 15 is 0 Å². The minimum atomic E-state index is -0.597. The van der Waals surface area contributed by atoms with Crippen LogP contribution in [-0.4, -0.2) is 24.6 Å². The number of benzene rings is 2. The lowest BCUT2D eigenvalue weighted by molar-refractivity contribution is 0.353. The van der Waals surface area contributed by atoms with Gasteiger partial charge in [-0.05, 0) is 69.0 Å². The normalized spacial score (nSPS) is 17.0. The Labute approximate surface area is 164 Å². The maximum absolute atomic E-state index is 13.7. The summed E-state index contributed by atoms with van der Waals surface area (Å²) in [5, 5.41) is 8.00. The van der Waals surface area contributed by atoms with Gasteiger partial charge < -0.3 is 10.6 Å². The number of hydrogen-bond acceptors (Lipinski definition) is 3. The van der Waals surface area contributed by atoms with E-state index in [-0.39, 0.29) is 0 Å². The van der Waals surface area contributed by atoms with Gasteiger partial charge in [-0.25, -0.2) is 13.8 Å². The molecule has 1 unspecified atom stereocenters. The molecular weight excluding hydrogens is 356 g/mol. The van der Waals surface area contributed by atoms with E-state index in [1.165, 1.54) is 31.4 Å². The zero-order valence-corrected chi connectivity index (χ0v) is 15.8. The van der Waals surface area contributed by atoms with E-state index in [1.54, 1.807) is 0 Å². The highest BCUT2D eigenvalue weighted by Crippen LogP contribution is 2.29. The molecule has 28 heavy (non-hydrogen) atoms. The van der Waals surface area contributed by atoms with Crippen molar-refractivity contribution in [1.82, 2.24) is 10.3 Å². The van der Waals surface area contributed by atoms with E-state index in [1.807, 2.05) is 30.3 Å². The van der Waals surface area contributed by atoms with Crippen molar-refractivity contribution in [3.63, 3.8) is 0 Å². The zero-order valence-electron chi connectivity index (χ0n) is 15.8. The SMILES string of the molecule is Fc1cc(F)cc(-c2cc(NCCCC3CCCNC3)c3ccccc3n2)c1. The summed E-state index contributed by atoms with van der Waals surface area (Å²) in [5.41, 5.74) is 2.77.